The molecule has 1 fully saturated rings. The lowest BCUT2D eigenvalue weighted by molar-refractivity contribution is -0.0165. The molecule has 3 aromatic heterocycles. The largest absolute Gasteiger partial charge is 0.478 e. The number of rotatable bonds is 9. The minimum Gasteiger partial charge on any atom is -0.478 e. The van der Waals surface area contributed by atoms with Crippen molar-refractivity contribution in [3.05, 3.63) is 71.9 Å². The van der Waals surface area contributed by atoms with Crippen molar-refractivity contribution in [3.8, 4) is 5.88 Å². The van der Waals surface area contributed by atoms with E-state index in [4.69, 9.17) is 15.2 Å². The molecule has 2 atom stereocenters. The van der Waals surface area contributed by atoms with Crippen LogP contribution in [0.5, 0.6) is 5.88 Å². The molecule has 36 heavy (non-hydrogen) atoms. The number of aromatic nitrogens is 5. The summed E-state index contributed by atoms with van der Waals surface area (Å²) in [5, 5.41) is 9.31. The number of hydrogen-bond acceptors (Lipinski definition) is 9. The molecule has 0 aliphatic carbocycles. The first-order valence-electron chi connectivity index (χ1n) is 11.5. The number of carbonyl (C=O) groups excluding carboxylic acids is 1. The summed E-state index contributed by atoms with van der Waals surface area (Å²) in [5.41, 5.74) is 8.14. The van der Waals surface area contributed by atoms with Gasteiger partial charge in [0.15, 0.2) is 17.2 Å². The average molecular weight is 489 g/mol. The zero-order valence-corrected chi connectivity index (χ0v) is 19.3. The summed E-state index contributed by atoms with van der Waals surface area (Å²) in [6.07, 6.45) is 6.51. The van der Waals surface area contributed by atoms with Gasteiger partial charge in [-0.2, -0.15) is 0 Å². The van der Waals surface area contributed by atoms with Crippen molar-refractivity contribution in [1.29, 1.82) is 0 Å². The number of Topliss-reactive ketones (excluding diaryl/α,β-unsaturated/α-hetero) is 1. The average Bonchev–Trinajstić information content (AvgIpc) is 3.54. The molecule has 4 heterocycles. The van der Waals surface area contributed by atoms with Gasteiger partial charge < -0.3 is 20.3 Å². The third kappa shape index (κ3) is 4.86. The second-order valence-electron chi connectivity index (χ2n) is 8.46. The zero-order chi connectivity index (χ0) is 25.1. The summed E-state index contributed by atoms with van der Waals surface area (Å²) >= 11 is 0. The Morgan fingerprint density at radius 2 is 1.94 bits per heavy atom. The third-order valence-electron chi connectivity index (χ3n) is 6.10. The van der Waals surface area contributed by atoms with E-state index in [9.17, 15) is 14.7 Å². The monoisotopic (exact) mass is 488 g/mol. The van der Waals surface area contributed by atoms with Gasteiger partial charge in [-0.25, -0.2) is 24.7 Å². The molecule has 11 heteroatoms. The second-order valence-corrected chi connectivity index (χ2v) is 8.46. The number of hydrogen-bond donors (Lipinski definition) is 2. The molecule has 0 radical (unpaired) electrons. The van der Waals surface area contributed by atoms with Crippen LogP contribution in [0.2, 0.25) is 0 Å². The first kappa shape index (κ1) is 23.4. The zero-order valence-electron chi connectivity index (χ0n) is 19.3. The standard InChI is InChI=1S/C25H24N6O5/c26-23-22-24(29-13-28-23)31(14-30-22)21-8-6-16(36-21)12-35-20-11-15(9-10-27-20)5-7-19(32)17-3-1-2-4-18(17)25(33)34/h1-4,9-11,13-14,16,21H,5-8,12H2,(H,33,34)(H2,26,28,29)/t16-,21+/m0/s1. The molecule has 0 unspecified atom stereocenters. The van der Waals surface area contributed by atoms with Crippen LogP contribution in [0.25, 0.3) is 11.2 Å². The molecular formula is C25H24N6O5. The highest BCUT2D eigenvalue weighted by Gasteiger charge is 2.29. The molecule has 1 aromatic carbocycles. The Hall–Kier alpha value is -4.38. The first-order chi connectivity index (χ1) is 17.5. The van der Waals surface area contributed by atoms with Gasteiger partial charge in [-0.05, 0) is 37.0 Å². The normalized spacial score (nSPS) is 17.3. The van der Waals surface area contributed by atoms with Crippen LogP contribution < -0.4 is 10.5 Å². The van der Waals surface area contributed by atoms with E-state index in [1.54, 1.807) is 30.7 Å². The number of nitrogens with two attached hydrogens (primary N) is 1. The number of benzene rings is 1. The number of anilines is 1. The Morgan fingerprint density at radius 1 is 1.11 bits per heavy atom. The van der Waals surface area contributed by atoms with Crippen LogP contribution in [0.1, 0.15) is 51.8 Å². The van der Waals surface area contributed by atoms with Gasteiger partial charge in [0.25, 0.3) is 0 Å². The smallest absolute Gasteiger partial charge is 0.336 e. The van der Waals surface area contributed by atoms with E-state index in [-0.39, 0.29) is 35.7 Å². The molecule has 1 aliphatic heterocycles. The summed E-state index contributed by atoms with van der Waals surface area (Å²) < 4.78 is 13.9. The molecular weight excluding hydrogens is 464 g/mol. The first-order valence-corrected chi connectivity index (χ1v) is 11.5. The van der Waals surface area contributed by atoms with Crippen LogP contribution in [0.4, 0.5) is 5.82 Å². The van der Waals surface area contributed by atoms with E-state index in [0.29, 0.717) is 35.9 Å². The molecule has 5 rings (SSSR count). The fraction of sp³-hybridized carbons (Fsp3) is 0.280. The number of carboxylic acids is 1. The van der Waals surface area contributed by atoms with E-state index in [2.05, 4.69) is 19.9 Å². The van der Waals surface area contributed by atoms with E-state index in [1.807, 2.05) is 10.6 Å². The maximum atomic E-state index is 12.6. The van der Waals surface area contributed by atoms with Crippen LogP contribution in [0.3, 0.4) is 0 Å². The van der Waals surface area contributed by atoms with E-state index in [1.165, 1.54) is 18.5 Å². The van der Waals surface area contributed by atoms with Crippen molar-refractivity contribution in [2.75, 3.05) is 12.3 Å². The van der Waals surface area contributed by atoms with E-state index < -0.39 is 5.97 Å². The number of imidazole rings is 1. The number of ether oxygens (including phenoxy) is 2. The minimum atomic E-state index is -1.12. The van der Waals surface area contributed by atoms with Gasteiger partial charge in [0.2, 0.25) is 5.88 Å². The van der Waals surface area contributed by atoms with Gasteiger partial charge >= 0.3 is 5.97 Å². The number of pyridine rings is 1. The van der Waals surface area contributed by atoms with Gasteiger partial charge in [-0.3, -0.25) is 9.36 Å². The molecule has 184 valence electrons. The van der Waals surface area contributed by atoms with Crippen molar-refractivity contribution in [3.63, 3.8) is 0 Å². The molecule has 0 amide bonds. The Kier molecular flexibility index (Phi) is 6.54. The molecule has 0 spiro atoms. The van der Waals surface area contributed by atoms with Crippen molar-refractivity contribution in [2.24, 2.45) is 0 Å². The van der Waals surface area contributed by atoms with Gasteiger partial charge in [0.1, 0.15) is 24.7 Å². The Morgan fingerprint density at radius 3 is 2.78 bits per heavy atom. The highest BCUT2D eigenvalue weighted by atomic mass is 16.6. The van der Waals surface area contributed by atoms with Crippen LogP contribution >= 0.6 is 0 Å². The minimum absolute atomic E-state index is 0.00993. The van der Waals surface area contributed by atoms with Crippen LogP contribution in [-0.2, 0) is 11.2 Å². The van der Waals surface area contributed by atoms with E-state index in [0.717, 1.165) is 18.4 Å². The molecule has 3 N–H and O–H groups in total. The number of carboxylic acid groups (broad SMARTS) is 1. The van der Waals surface area contributed by atoms with Gasteiger partial charge in [0.05, 0.1) is 18.0 Å². The molecule has 4 aromatic rings. The van der Waals surface area contributed by atoms with Crippen molar-refractivity contribution in [1.82, 2.24) is 24.5 Å². The molecule has 0 saturated carbocycles. The SMILES string of the molecule is Nc1ncnc2c1ncn2[C@H]1CC[C@@H](COc2cc(CCC(=O)c3ccccc3C(=O)O)ccn2)O1. The Labute approximate surface area is 205 Å². The lowest BCUT2D eigenvalue weighted by atomic mass is 9.99. The molecule has 1 saturated heterocycles. The summed E-state index contributed by atoms with van der Waals surface area (Å²) in [4.78, 5) is 40.8. The molecule has 11 nitrogen and oxygen atoms in total. The fourth-order valence-corrected chi connectivity index (χ4v) is 4.26. The highest BCUT2D eigenvalue weighted by molar-refractivity contribution is 6.05. The summed E-state index contributed by atoms with van der Waals surface area (Å²) in [5.74, 6) is -0.577. The van der Waals surface area contributed by atoms with Crippen molar-refractivity contribution in [2.45, 2.75) is 38.0 Å². The maximum absolute atomic E-state index is 12.6. The van der Waals surface area contributed by atoms with Crippen molar-refractivity contribution >= 4 is 28.7 Å². The number of aromatic carboxylic acids is 1. The number of aryl methyl sites for hydroxylation is 1. The summed E-state index contributed by atoms with van der Waals surface area (Å²) in [7, 11) is 0. The summed E-state index contributed by atoms with van der Waals surface area (Å²) in [6, 6.07) is 9.82. The van der Waals surface area contributed by atoms with Crippen LogP contribution in [0.15, 0.2) is 55.2 Å². The van der Waals surface area contributed by atoms with Crippen molar-refractivity contribution < 1.29 is 24.2 Å². The third-order valence-corrected chi connectivity index (χ3v) is 6.10. The lowest BCUT2D eigenvalue weighted by Crippen LogP contribution is -2.19. The predicted molar refractivity (Wildman–Crippen MR) is 129 cm³/mol. The predicted octanol–water partition coefficient (Wildman–Crippen LogP) is 3.07. The molecule has 0 bridgehead atoms. The second kappa shape index (κ2) is 10.1. The number of fused-ring (bicyclic) bond motifs is 1. The number of carbonyl (C=O) groups is 2. The highest BCUT2D eigenvalue weighted by Crippen LogP contribution is 2.31. The molecule has 1 aliphatic rings. The van der Waals surface area contributed by atoms with Crippen LogP contribution in [0, 0.1) is 0 Å². The summed E-state index contributed by atoms with van der Waals surface area (Å²) in [6.45, 7) is 0.321. The van der Waals surface area contributed by atoms with Gasteiger partial charge in [-0.1, -0.05) is 18.2 Å². The van der Waals surface area contributed by atoms with E-state index >= 15 is 0 Å². The topological polar surface area (TPSA) is 155 Å². The van der Waals surface area contributed by atoms with Gasteiger partial charge in [0, 0.05) is 24.2 Å². The number of ketones is 1. The Bertz CT molecular complexity index is 1420. The maximum Gasteiger partial charge on any atom is 0.336 e. The Balaban J connectivity index is 1.16. The quantitative estimate of drug-likeness (QED) is 0.336. The number of nitrogens with zero attached hydrogens (tertiary/aromatic N) is 5. The lowest BCUT2D eigenvalue weighted by Gasteiger charge is -2.16. The van der Waals surface area contributed by atoms with Gasteiger partial charge in [-0.15, -0.1) is 0 Å². The fourth-order valence-electron chi connectivity index (χ4n) is 4.26. The number of nitrogen functional groups attached to an aromatic ring is 1. The van der Waals surface area contributed by atoms with Crippen LogP contribution in [-0.4, -0.2) is 54.1 Å².